The zero-order valence-electron chi connectivity index (χ0n) is 21.0. The second-order valence-electron chi connectivity index (χ2n) is 8.44. The summed E-state index contributed by atoms with van der Waals surface area (Å²) in [7, 11) is 1.44. The Hall–Kier alpha value is -2.30. The summed E-state index contributed by atoms with van der Waals surface area (Å²) in [5.41, 5.74) is 0.593. The predicted octanol–water partition coefficient (Wildman–Crippen LogP) is 7.47. The highest BCUT2D eigenvalue weighted by molar-refractivity contribution is 5.76. The van der Waals surface area contributed by atoms with Gasteiger partial charge in [0.1, 0.15) is 12.4 Å². The fourth-order valence-corrected chi connectivity index (χ4v) is 3.70. The first kappa shape index (κ1) is 28.7. The lowest BCUT2D eigenvalue weighted by Crippen LogP contribution is -2.16. The van der Waals surface area contributed by atoms with E-state index in [1.54, 1.807) is 12.1 Å². The predicted molar refractivity (Wildman–Crippen MR) is 134 cm³/mol. The number of unbranched alkanes of at least 4 members (excludes halogenated alkanes) is 8. The van der Waals surface area contributed by atoms with Gasteiger partial charge in [0.25, 0.3) is 0 Å². The van der Waals surface area contributed by atoms with Gasteiger partial charge in [0.15, 0.2) is 11.5 Å². The van der Waals surface area contributed by atoms with E-state index in [1.807, 2.05) is 13.0 Å². The molecule has 0 fully saturated rings. The molecule has 1 unspecified atom stereocenters. The summed E-state index contributed by atoms with van der Waals surface area (Å²) in [5.74, 6) is 1.23. The van der Waals surface area contributed by atoms with Crippen molar-refractivity contribution in [2.24, 2.45) is 0 Å². The molecule has 0 radical (unpaired) electrons. The van der Waals surface area contributed by atoms with Gasteiger partial charge < -0.3 is 14.2 Å². The van der Waals surface area contributed by atoms with Crippen LogP contribution < -0.4 is 9.47 Å². The van der Waals surface area contributed by atoms with E-state index in [-0.39, 0.29) is 12.1 Å². The third-order valence-corrected chi connectivity index (χ3v) is 5.62. The van der Waals surface area contributed by atoms with Crippen LogP contribution in [0.25, 0.3) is 0 Å². The van der Waals surface area contributed by atoms with Gasteiger partial charge in [0.2, 0.25) is 0 Å². The van der Waals surface area contributed by atoms with Crippen LogP contribution in [0.15, 0.2) is 30.4 Å². The van der Waals surface area contributed by atoms with Crippen molar-refractivity contribution < 1.29 is 23.8 Å². The van der Waals surface area contributed by atoms with Crippen molar-refractivity contribution in [1.82, 2.24) is 0 Å². The molecule has 0 saturated heterocycles. The van der Waals surface area contributed by atoms with Gasteiger partial charge in [-0.05, 0) is 57.2 Å². The summed E-state index contributed by atoms with van der Waals surface area (Å²) in [6.45, 7) is 4.68. The van der Waals surface area contributed by atoms with Gasteiger partial charge in [-0.15, -0.1) is 0 Å². The first-order valence-electron chi connectivity index (χ1n) is 12.7. The molecule has 0 bridgehead atoms. The maximum absolute atomic E-state index is 11.1. The summed E-state index contributed by atoms with van der Waals surface area (Å²) >= 11 is 0. The summed E-state index contributed by atoms with van der Waals surface area (Å²) in [4.78, 5) is 22.2. The Morgan fingerprint density at radius 1 is 0.939 bits per heavy atom. The van der Waals surface area contributed by atoms with E-state index >= 15 is 0 Å². The summed E-state index contributed by atoms with van der Waals surface area (Å²) < 4.78 is 16.7. The monoisotopic (exact) mass is 460 g/mol. The number of hydrogen-bond donors (Lipinski definition) is 0. The molecule has 5 nitrogen and oxygen atoms in total. The van der Waals surface area contributed by atoms with Crippen LogP contribution >= 0.6 is 0 Å². The maximum Gasteiger partial charge on any atom is 0.305 e. The third-order valence-electron chi connectivity index (χ3n) is 5.62. The lowest BCUT2D eigenvalue weighted by Gasteiger charge is -2.20. The molecule has 0 amide bonds. The van der Waals surface area contributed by atoms with E-state index in [0.717, 1.165) is 51.2 Å². The lowest BCUT2D eigenvalue weighted by molar-refractivity contribution is -0.140. The van der Waals surface area contributed by atoms with E-state index in [1.165, 1.54) is 39.2 Å². The van der Waals surface area contributed by atoms with Gasteiger partial charge in [-0.3, -0.25) is 9.59 Å². The minimum atomic E-state index is -0.113. The number of esters is 1. The number of carbonyl (C=O) groups is 2. The van der Waals surface area contributed by atoms with Crippen molar-refractivity contribution in [1.29, 1.82) is 0 Å². The molecule has 0 saturated carbocycles. The molecule has 1 aromatic rings. The van der Waals surface area contributed by atoms with Crippen molar-refractivity contribution in [3.63, 3.8) is 0 Å². The first-order chi connectivity index (χ1) is 16.1. The van der Waals surface area contributed by atoms with Crippen molar-refractivity contribution >= 4 is 12.3 Å². The molecule has 0 N–H and O–H groups in total. The van der Waals surface area contributed by atoms with Crippen LogP contribution in [0.1, 0.15) is 108 Å². The number of carbonyl (C=O) groups excluding carboxylic acids is 2. The van der Waals surface area contributed by atoms with Crippen LogP contribution in [0, 0.1) is 0 Å². The standard InChI is InChI=1S/C28H44O5/c1-4-6-7-14-17-25(33-26-21-20-24(23-29)22-27(26)32-5-2)18-15-12-10-8-9-11-13-16-19-28(30)31-3/h12,15,20-23,25H,4-11,13-14,16-19H2,1-3H3. The Bertz CT molecular complexity index is 683. The molecule has 1 atom stereocenters. The number of hydrogen-bond acceptors (Lipinski definition) is 5. The van der Waals surface area contributed by atoms with Crippen LogP contribution in [0.3, 0.4) is 0 Å². The number of methoxy groups -OCH3 is 1. The summed E-state index contributed by atoms with van der Waals surface area (Å²) in [6.07, 6.45) is 19.2. The molecule has 1 aromatic carbocycles. The van der Waals surface area contributed by atoms with Crippen LogP contribution in [-0.2, 0) is 9.53 Å². The normalized spacial score (nSPS) is 12.0. The van der Waals surface area contributed by atoms with E-state index in [2.05, 4.69) is 23.8 Å². The Labute approximate surface area is 200 Å². The van der Waals surface area contributed by atoms with Gasteiger partial charge in [0, 0.05) is 18.4 Å². The van der Waals surface area contributed by atoms with Crippen LogP contribution in [-0.4, -0.2) is 32.1 Å². The topological polar surface area (TPSA) is 61.8 Å². The minimum Gasteiger partial charge on any atom is -0.490 e. The van der Waals surface area contributed by atoms with Crippen molar-refractivity contribution in [3.8, 4) is 11.5 Å². The van der Waals surface area contributed by atoms with Gasteiger partial charge >= 0.3 is 5.97 Å². The average Bonchev–Trinajstić information content (AvgIpc) is 2.83. The highest BCUT2D eigenvalue weighted by atomic mass is 16.5. The Balaban J connectivity index is 2.48. The number of benzene rings is 1. The van der Waals surface area contributed by atoms with E-state index in [4.69, 9.17) is 9.47 Å². The Morgan fingerprint density at radius 2 is 1.70 bits per heavy atom. The number of rotatable bonds is 20. The highest BCUT2D eigenvalue weighted by Crippen LogP contribution is 2.30. The molecular formula is C28H44O5. The van der Waals surface area contributed by atoms with Gasteiger partial charge in [-0.2, -0.15) is 0 Å². The molecule has 0 aliphatic rings. The van der Waals surface area contributed by atoms with E-state index < -0.39 is 0 Å². The number of aldehydes is 1. The number of ether oxygens (including phenoxy) is 3. The van der Waals surface area contributed by atoms with E-state index in [0.29, 0.717) is 30.1 Å². The van der Waals surface area contributed by atoms with Gasteiger partial charge in [-0.25, -0.2) is 0 Å². The molecule has 33 heavy (non-hydrogen) atoms. The Kier molecular flexibility index (Phi) is 16.7. The van der Waals surface area contributed by atoms with Crippen LogP contribution in [0.4, 0.5) is 0 Å². The molecule has 1 rings (SSSR count). The first-order valence-corrected chi connectivity index (χ1v) is 12.7. The second kappa shape index (κ2) is 19.2. The molecule has 0 aliphatic carbocycles. The van der Waals surface area contributed by atoms with Crippen molar-refractivity contribution in [3.05, 3.63) is 35.9 Å². The maximum atomic E-state index is 11.1. The van der Waals surface area contributed by atoms with Crippen LogP contribution in [0.5, 0.6) is 11.5 Å². The molecule has 0 spiro atoms. The zero-order chi connectivity index (χ0) is 24.2. The SMILES string of the molecule is CCCCCCC(CC=CCCCCCCCC(=O)OC)Oc1ccc(C=O)cc1OCC. The zero-order valence-corrected chi connectivity index (χ0v) is 21.0. The molecule has 0 aliphatic heterocycles. The average molecular weight is 461 g/mol. The number of allylic oxidation sites excluding steroid dienone is 1. The third kappa shape index (κ3) is 13.8. The molecule has 0 heterocycles. The Morgan fingerprint density at radius 3 is 2.42 bits per heavy atom. The van der Waals surface area contributed by atoms with Gasteiger partial charge in [-0.1, -0.05) is 57.6 Å². The lowest BCUT2D eigenvalue weighted by atomic mass is 10.1. The highest BCUT2D eigenvalue weighted by Gasteiger charge is 2.13. The second-order valence-corrected chi connectivity index (χ2v) is 8.44. The van der Waals surface area contributed by atoms with Gasteiger partial charge in [0.05, 0.1) is 13.7 Å². The fraction of sp³-hybridized carbons (Fsp3) is 0.643. The smallest absolute Gasteiger partial charge is 0.305 e. The fourth-order valence-electron chi connectivity index (χ4n) is 3.70. The largest absolute Gasteiger partial charge is 0.490 e. The minimum absolute atomic E-state index is 0.0951. The molecular weight excluding hydrogens is 416 g/mol. The quantitative estimate of drug-likeness (QED) is 0.0874. The molecule has 0 aromatic heterocycles. The van der Waals surface area contributed by atoms with Crippen LogP contribution in [0.2, 0.25) is 0 Å². The van der Waals surface area contributed by atoms with E-state index in [9.17, 15) is 9.59 Å². The summed E-state index contributed by atoms with van der Waals surface area (Å²) in [6, 6.07) is 5.37. The summed E-state index contributed by atoms with van der Waals surface area (Å²) in [5, 5.41) is 0. The molecule has 5 heteroatoms. The molecule has 186 valence electrons. The van der Waals surface area contributed by atoms with Crippen molar-refractivity contribution in [2.45, 2.75) is 103 Å². The van der Waals surface area contributed by atoms with Crippen molar-refractivity contribution in [2.75, 3.05) is 13.7 Å².